The molecule has 1 aliphatic heterocycles. The number of fused-ring (bicyclic) bond motifs is 1. The molecule has 1 aliphatic rings. The van der Waals surface area contributed by atoms with Gasteiger partial charge in [-0.2, -0.15) is 0 Å². The lowest BCUT2D eigenvalue weighted by molar-refractivity contribution is -0.141. The highest BCUT2D eigenvalue weighted by Crippen LogP contribution is 2.42. The first kappa shape index (κ1) is 19.8. The predicted molar refractivity (Wildman–Crippen MR) is 96.6 cm³/mol. The summed E-state index contributed by atoms with van der Waals surface area (Å²) in [6.07, 6.45) is 4.60. The van der Waals surface area contributed by atoms with Gasteiger partial charge in [-0.1, -0.05) is 18.6 Å². The minimum Gasteiger partial charge on any atom is -0.507 e. The van der Waals surface area contributed by atoms with Crippen LogP contribution in [0.1, 0.15) is 60.2 Å². The number of ether oxygens (including phenoxy) is 2. The van der Waals surface area contributed by atoms with Gasteiger partial charge in [0.25, 0.3) is 0 Å². The minimum absolute atomic E-state index is 0.0755. The summed E-state index contributed by atoms with van der Waals surface area (Å²) in [4.78, 5) is 22.8. The number of carboxylic acids is 1. The lowest BCUT2D eigenvalue weighted by atomic mass is 9.94. The molecule has 0 bridgehead atoms. The summed E-state index contributed by atoms with van der Waals surface area (Å²) in [5.41, 5.74) is 3.39. The molecule has 0 radical (unpaired) electrons. The van der Waals surface area contributed by atoms with Crippen LogP contribution in [0.5, 0.6) is 11.5 Å². The average molecular weight is 362 g/mol. The van der Waals surface area contributed by atoms with E-state index in [1.807, 2.05) is 19.9 Å². The van der Waals surface area contributed by atoms with E-state index in [1.54, 1.807) is 14.0 Å². The minimum atomic E-state index is -0.776. The number of rotatable bonds is 8. The third-order valence-corrected chi connectivity index (χ3v) is 4.93. The first-order chi connectivity index (χ1) is 12.3. The van der Waals surface area contributed by atoms with E-state index in [9.17, 15) is 14.7 Å². The average Bonchev–Trinajstić information content (AvgIpc) is 2.98. The van der Waals surface area contributed by atoms with Crippen molar-refractivity contribution in [3.05, 3.63) is 33.9 Å². The Hall–Kier alpha value is -2.50. The van der Waals surface area contributed by atoms with Gasteiger partial charge in [0.15, 0.2) is 0 Å². The number of allylic oxidation sites excluding steroid dienone is 2. The zero-order valence-electron chi connectivity index (χ0n) is 15.7. The van der Waals surface area contributed by atoms with E-state index in [0.717, 1.165) is 24.0 Å². The van der Waals surface area contributed by atoms with Crippen molar-refractivity contribution in [2.45, 2.75) is 53.1 Å². The summed E-state index contributed by atoms with van der Waals surface area (Å²) >= 11 is 0. The van der Waals surface area contributed by atoms with E-state index >= 15 is 0 Å². The van der Waals surface area contributed by atoms with Crippen LogP contribution in [0.15, 0.2) is 11.6 Å². The standard InChI is InChI=1S/C20H26O6/c1-11(6-5-7-12(2)19(22)23)8-9-14-17(21)16-15(10-26-20(16)24)13(3)18(14)25-4/h8,12,21H,5-7,9-10H2,1-4H3,(H,22,23)/b11-8+/t12-/m1/s1. The third kappa shape index (κ3) is 4.00. The van der Waals surface area contributed by atoms with Crippen LogP contribution in [0, 0.1) is 12.8 Å². The van der Waals surface area contributed by atoms with Crippen molar-refractivity contribution in [3.8, 4) is 11.5 Å². The quantitative estimate of drug-likeness (QED) is 0.540. The second-order valence-electron chi connectivity index (χ2n) is 6.80. The van der Waals surface area contributed by atoms with Crippen molar-refractivity contribution < 1.29 is 29.3 Å². The monoisotopic (exact) mass is 362 g/mol. The Labute approximate surface area is 153 Å². The van der Waals surface area contributed by atoms with Crippen molar-refractivity contribution in [2.24, 2.45) is 5.92 Å². The maximum absolute atomic E-state index is 11.9. The molecule has 1 atom stereocenters. The Morgan fingerprint density at radius 1 is 1.42 bits per heavy atom. The fourth-order valence-corrected chi connectivity index (χ4v) is 3.22. The second kappa shape index (κ2) is 8.25. The van der Waals surface area contributed by atoms with Crippen LogP contribution in [0.25, 0.3) is 0 Å². The predicted octanol–water partition coefficient (Wildman–Crippen LogP) is 3.76. The molecule has 0 saturated carbocycles. The Morgan fingerprint density at radius 2 is 2.12 bits per heavy atom. The smallest absolute Gasteiger partial charge is 0.342 e. The van der Waals surface area contributed by atoms with E-state index in [2.05, 4.69) is 0 Å². The molecule has 0 aliphatic carbocycles. The number of methoxy groups -OCH3 is 1. The zero-order valence-corrected chi connectivity index (χ0v) is 15.7. The molecule has 0 unspecified atom stereocenters. The summed E-state index contributed by atoms with van der Waals surface area (Å²) in [7, 11) is 1.54. The number of carbonyl (C=O) groups excluding carboxylic acids is 1. The number of aromatic hydroxyl groups is 1. The first-order valence-corrected chi connectivity index (χ1v) is 8.74. The fraction of sp³-hybridized carbons (Fsp3) is 0.500. The van der Waals surface area contributed by atoms with Crippen molar-refractivity contribution in [2.75, 3.05) is 7.11 Å². The van der Waals surface area contributed by atoms with Gasteiger partial charge in [-0.15, -0.1) is 0 Å². The number of benzene rings is 1. The van der Waals surface area contributed by atoms with Gasteiger partial charge < -0.3 is 19.7 Å². The second-order valence-corrected chi connectivity index (χ2v) is 6.80. The van der Waals surface area contributed by atoms with Gasteiger partial charge in [-0.3, -0.25) is 4.79 Å². The van der Waals surface area contributed by atoms with Gasteiger partial charge >= 0.3 is 11.9 Å². The normalized spacial score (nSPS) is 14.8. The highest BCUT2D eigenvalue weighted by Gasteiger charge is 2.31. The fourth-order valence-electron chi connectivity index (χ4n) is 3.22. The SMILES string of the molecule is COc1c(C)c2c(c(O)c1C/C=C(\C)CCC[C@@H](C)C(=O)O)C(=O)OC2. The van der Waals surface area contributed by atoms with Crippen molar-refractivity contribution >= 4 is 11.9 Å². The Bertz CT molecular complexity index is 747. The van der Waals surface area contributed by atoms with Crippen LogP contribution < -0.4 is 4.74 Å². The molecule has 0 amide bonds. The molecule has 1 heterocycles. The van der Waals surface area contributed by atoms with Crippen LogP contribution in [-0.2, 0) is 22.6 Å². The molecule has 0 aromatic heterocycles. The molecule has 2 rings (SSSR count). The topological polar surface area (TPSA) is 93.1 Å². The highest BCUT2D eigenvalue weighted by atomic mass is 16.5. The largest absolute Gasteiger partial charge is 0.507 e. The summed E-state index contributed by atoms with van der Waals surface area (Å²) in [5.74, 6) is -1.14. The van der Waals surface area contributed by atoms with Crippen LogP contribution in [0.2, 0.25) is 0 Å². The number of esters is 1. The molecular formula is C20H26O6. The van der Waals surface area contributed by atoms with Gasteiger partial charge in [0.05, 0.1) is 13.0 Å². The molecule has 6 nitrogen and oxygen atoms in total. The van der Waals surface area contributed by atoms with Crippen molar-refractivity contribution in [1.82, 2.24) is 0 Å². The number of aliphatic carboxylic acids is 1. The van der Waals surface area contributed by atoms with Crippen molar-refractivity contribution in [1.29, 1.82) is 0 Å². The number of carbonyl (C=O) groups is 2. The van der Waals surface area contributed by atoms with Crippen LogP contribution in [0.4, 0.5) is 0 Å². The first-order valence-electron chi connectivity index (χ1n) is 8.74. The molecule has 2 N–H and O–H groups in total. The maximum Gasteiger partial charge on any atom is 0.342 e. The molecule has 0 saturated heterocycles. The van der Waals surface area contributed by atoms with E-state index in [4.69, 9.17) is 14.6 Å². The Kier molecular flexibility index (Phi) is 6.29. The summed E-state index contributed by atoms with van der Waals surface area (Å²) < 4.78 is 10.5. The highest BCUT2D eigenvalue weighted by molar-refractivity contribution is 5.98. The van der Waals surface area contributed by atoms with E-state index in [1.165, 1.54) is 0 Å². The molecule has 142 valence electrons. The van der Waals surface area contributed by atoms with Gasteiger partial charge in [0.2, 0.25) is 0 Å². The number of hydrogen-bond acceptors (Lipinski definition) is 5. The van der Waals surface area contributed by atoms with Gasteiger partial charge in [0.1, 0.15) is 23.7 Å². The van der Waals surface area contributed by atoms with Gasteiger partial charge in [0, 0.05) is 11.1 Å². The van der Waals surface area contributed by atoms with E-state index in [-0.39, 0.29) is 23.8 Å². The molecule has 0 spiro atoms. The number of carboxylic acid groups (broad SMARTS) is 1. The molecule has 26 heavy (non-hydrogen) atoms. The number of hydrogen-bond donors (Lipinski definition) is 2. The molecular weight excluding hydrogens is 336 g/mol. The molecule has 1 aromatic carbocycles. The van der Waals surface area contributed by atoms with E-state index in [0.29, 0.717) is 29.7 Å². The number of cyclic esters (lactones) is 1. The zero-order chi connectivity index (χ0) is 19.4. The lowest BCUT2D eigenvalue weighted by Gasteiger charge is -2.15. The van der Waals surface area contributed by atoms with Crippen LogP contribution >= 0.6 is 0 Å². The molecule has 1 aromatic rings. The van der Waals surface area contributed by atoms with Crippen molar-refractivity contribution in [3.63, 3.8) is 0 Å². The van der Waals surface area contributed by atoms with E-state index < -0.39 is 11.9 Å². The third-order valence-electron chi connectivity index (χ3n) is 4.93. The summed E-state index contributed by atoms with van der Waals surface area (Å²) in [5, 5.41) is 19.5. The molecule has 0 fully saturated rings. The van der Waals surface area contributed by atoms with Crippen LogP contribution in [0.3, 0.4) is 0 Å². The van der Waals surface area contributed by atoms with Gasteiger partial charge in [-0.25, -0.2) is 4.79 Å². The summed E-state index contributed by atoms with van der Waals surface area (Å²) in [6, 6.07) is 0. The molecule has 6 heteroatoms. The Morgan fingerprint density at radius 3 is 2.73 bits per heavy atom. The van der Waals surface area contributed by atoms with Gasteiger partial charge in [-0.05, 0) is 45.1 Å². The van der Waals surface area contributed by atoms with Crippen LogP contribution in [-0.4, -0.2) is 29.3 Å². The lowest BCUT2D eigenvalue weighted by Crippen LogP contribution is -2.08. The Balaban J connectivity index is 2.16. The number of phenolic OH excluding ortho intramolecular Hbond substituents is 1. The number of phenols is 1. The summed E-state index contributed by atoms with van der Waals surface area (Å²) in [6.45, 7) is 5.69. The maximum atomic E-state index is 11.9.